The van der Waals surface area contributed by atoms with Crippen LogP contribution in [0.5, 0.6) is 0 Å². The van der Waals surface area contributed by atoms with Crippen LogP contribution in [0.4, 0.5) is 5.69 Å². The van der Waals surface area contributed by atoms with Gasteiger partial charge in [-0.2, -0.15) is 0 Å². The Labute approximate surface area is 147 Å². The second-order valence-electron chi connectivity index (χ2n) is 6.03. The summed E-state index contributed by atoms with van der Waals surface area (Å²) >= 11 is 6.36. The molecule has 0 N–H and O–H groups in total. The van der Waals surface area contributed by atoms with Crippen molar-refractivity contribution < 1.29 is 9.53 Å². The number of halogens is 1. The maximum atomic E-state index is 12.2. The van der Waals surface area contributed by atoms with Gasteiger partial charge in [0.15, 0.2) is 5.78 Å². The number of hydrogen-bond acceptors (Lipinski definition) is 5. The second-order valence-corrected chi connectivity index (χ2v) is 6.44. The van der Waals surface area contributed by atoms with Gasteiger partial charge in [-0.15, -0.1) is 0 Å². The van der Waals surface area contributed by atoms with Crippen LogP contribution in [-0.2, 0) is 4.74 Å². The fourth-order valence-corrected chi connectivity index (χ4v) is 3.45. The molecule has 128 valence electrons. The van der Waals surface area contributed by atoms with Crippen molar-refractivity contribution in [3.05, 3.63) is 35.0 Å². The van der Waals surface area contributed by atoms with Crippen LogP contribution < -0.4 is 4.90 Å². The minimum atomic E-state index is 0.0151. The Bertz CT molecular complexity index is 742. The van der Waals surface area contributed by atoms with Crippen LogP contribution in [0.3, 0.4) is 0 Å². The molecule has 6 heteroatoms. The first kappa shape index (κ1) is 17.1. The Morgan fingerprint density at radius 3 is 2.75 bits per heavy atom. The summed E-state index contributed by atoms with van der Waals surface area (Å²) in [5.74, 6) is 0.0151. The van der Waals surface area contributed by atoms with Gasteiger partial charge in [-0.25, -0.2) is 0 Å². The standard InChI is InChI=1S/C18H22ClN3O2/c1-13(23)15-12-16(19)14-4-3-5-20-17(14)18(15)22-8-6-21(7-9-22)10-11-24-2/h3-5,12H,6-11H2,1-2H3. The number of piperazine rings is 1. The van der Waals surface area contributed by atoms with Crippen molar-refractivity contribution in [2.24, 2.45) is 0 Å². The quantitative estimate of drug-likeness (QED) is 0.778. The lowest BCUT2D eigenvalue weighted by atomic mass is 10.0. The molecule has 1 fully saturated rings. The van der Waals surface area contributed by atoms with Gasteiger partial charge < -0.3 is 9.64 Å². The van der Waals surface area contributed by atoms with E-state index in [9.17, 15) is 4.79 Å². The number of ether oxygens (including phenoxy) is 1. The molecule has 1 aromatic carbocycles. The molecule has 2 heterocycles. The summed E-state index contributed by atoms with van der Waals surface area (Å²) in [6.45, 7) is 6.86. The van der Waals surface area contributed by atoms with Crippen molar-refractivity contribution in [1.82, 2.24) is 9.88 Å². The molecule has 0 aliphatic carbocycles. The van der Waals surface area contributed by atoms with E-state index >= 15 is 0 Å². The van der Waals surface area contributed by atoms with Gasteiger partial charge in [0.25, 0.3) is 0 Å². The molecule has 0 unspecified atom stereocenters. The van der Waals surface area contributed by atoms with Crippen molar-refractivity contribution in [3.63, 3.8) is 0 Å². The summed E-state index contributed by atoms with van der Waals surface area (Å²) in [7, 11) is 1.72. The monoisotopic (exact) mass is 347 g/mol. The third-order valence-corrected chi connectivity index (χ3v) is 4.81. The number of benzene rings is 1. The zero-order chi connectivity index (χ0) is 17.1. The third kappa shape index (κ3) is 3.38. The largest absolute Gasteiger partial charge is 0.383 e. The SMILES string of the molecule is COCCN1CCN(c2c(C(C)=O)cc(Cl)c3cccnc23)CC1. The molecule has 1 saturated heterocycles. The van der Waals surface area contributed by atoms with Crippen molar-refractivity contribution in [2.45, 2.75) is 6.92 Å². The van der Waals surface area contributed by atoms with Gasteiger partial charge in [-0.05, 0) is 25.1 Å². The van der Waals surface area contributed by atoms with E-state index in [1.807, 2.05) is 12.1 Å². The van der Waals surface area contributed by atoms with E-state index in [0.29, 0.717) is 10.6 Å². The van der Waals surface area contributed by atoms with Crippen LogP contribution in [0.15, 0.2) is 24.4 Å². The van der Waals surface area contributed by atoms with Gasteiger partial charge in [-0.3, -0.25) is 14.7 Å². The topological polar surface area (TPSA) is 45.7 Å². The number of Topliss-reactive ketones (excluding diaryl/α,β-unsaturated/α-hetero) is 1. The Morgan fingerprint density at radius 1 is 1.33 bits per heavy atom. The number of ketones is 1. The fourth-order valence-electron chi connectivity index (χ4n) is 3.19. The molecule has 0 amide bonds. The predicted molar refractivity (Wildman–Crippen MR) is 97.3 cm³/mol. The van der Waals surface area contributed by atoms with Crippen LogP contribution in [0.2, 0.25) is 5.02 Å². The highest BCUT2D eigenvalue weighted by Gasteiger charge is 2.24. The molecule has 5 nitrogen and oxygen atoms in total. The number of hydrogen-bond donors (Lipinski definition) is 0. The molecule has 3 rings (SSSR count). The molecule has 0 saturated carbocycles. The van der Waals surface area contributed by atoms with E-state index in [-0.39, 0.29) is 5.78 Å². The molecular formula is C18H22ClN3O2. The molecule has 0 atom stereocenters. The first-order valence-corrected chi connectivity index (χ1v) is 8.54. The summed E-state index contributed by atoms with van der Waals surface area (Å²) in [6, 6.07) is 5.60. The Hall–Kier alpha value is -1.69. The summed E-state index contributed by atoms with van der Waals surface area (Å²) in [4.78, 5) is 21.3. The van der Waals surface area contributed by atoms with E-state index in [1.165, 1.54) is 0 Å². The molecule has 0 radical (unpaired) electrons. The van der Waals surface area contributed by atoms with Crippen LogP contribution in [-0.4, -0.2) is 62.1 Å². The van der Waals surface area contributed by atoms with E-state index in [4.69, 9.17) is 16.3 Å². The Morgan fingerprint density at radius 2 is 2.08 bits per heavy atom. The van der Waals surface area contributed by atoms with Crippen molar-refractivity contribution in [1.29, 1.82) is 0 Å². The van der Waals surface area contributed by atoms with Gasteiger partial charge in [0, 0.05) is 57.0 Å². The molecule has 1 aliphatic heterocycles. The Kier molecular flexibility index (Phi) is 5.33. The third-order valence-electron chi connectivity index (χ3n) is 4.49. The molecule has 2 aromatic rings. The van der Waals surface area contributed by atoms with Crippen LogP contribution in [0.1, 0.15) is 17.3 Å². The average Bonchev–Trinajstić information content (AvgIpc) is 2.60. The molecule has 0 bridgehead atoms. The minimum absolute atomic E-state index is 0.0151. The van der Waals surface area contributed by atoms with E-state index in [1.54, 1.807) is 26.3 Å². The number of aromatic nitrogens is 1. The van der Waals surface area contributed by atoms with Crippen LogP contribution in [0.25, 0.3) is 10.9 Å². The zero-order valence-corrected chi connectivity index (χ0v) is 14.8. The summed E-state index contributed by atoms with van der Waals surface area (Å²) in [5.41, 5.74) is 2.37. The van der Waals surface area contributed by atoms with E-state index in [0.717, 1.165) is 55.9 Å². The van der Waals surface area contributed by atoms with Crippen LogP contribution in [0, 0.1) is 0 Å². The highest BCUT2D eigenvalue weighted by molar-refractivity contribution is 6.36. The first-order chi connectivity index (χ1) is 11.6. The minimum Gasteiger partial charge on any atom is -0.383 e. The second kappa shape index (κ2) is 7.47. The number of methoxy groups -OCH3 is 1. The van der Waals surface area contributed by atoms with E-state index < -0.39 is 0 Å². The lowest BCUT2D eigenvalue weighted by molar-refractivity contribution is 0.101. The van der Waals surface area contributed by atoms with Gasteiger partial charge in [-0.1, -0.05) is 11.6 Å². The van der Waals surface area contributed by atoms with Gasteiger partial charge >= 0.3 is 0 Å². The number of anilines is 1. The number of carbonyl (C=O) groups excluding carboxylic acids is 1. The number of pyridine rings is 1. The lowest BCUT2D eigenvalue weighted by Gasteiger charge is -2.37. The molecular weight excluding hydrogens is 326 g/mol. The molecule has 1 aliphatic rings. The van der Waals surface area contributed by atoms with Gasteiger partial charge in [0.1, 0.15) is 0 Å². The highest BCUT2D eigenvalue weighted by atomic mass is 35.5. The van der Waals surface area contributed by atoms with Crippen molar-refractivity contribution >= 4 is 34.0 Å². The molecule has 1 aromatic heterocycles. The maximum absolute atomic E-state index is 12.2. The predicted octanol–water partition coefficient (Wildman–Crippen LogP) is 2.86. The van der Waals surface area contributed by atoms with Crippen LogP contribution >= 0.6 is 11.6 Å². The number of carbonyl (C=O) groups is 1. The zero-order valence-electron chi connectivity index (χ0n) is 14.1. The lowest BCUT2D eigenvalue weighted by Crippen LogP contribution is -2.47. The highest BCUT2D eigenvalue weighted by Crippen LogP contribution is 2.35. The summed E-state index contributed by atoms with van der Waals surface area (Å²) in [5, 5.41) is 1.46. The average molecular weight is 348 g/mol. The number of nitrogens with zero attached hydrogens (tertiary/aromatic N) is 3. The normalized spacial score (nSPS) is 15.9. The van der Waals surface area contributed by atoms with Gasteiger partial charge in [0.2, 0.25) is 0 Å². The fraction of sp³-hybridized carbons (Fsp3) is 0.444. The molecule has 24 heavy (non-hydrogen) atoms. The number of rotatable bonds is 5. The summed E-state index contributed by atoms with van der Waals surface area (Å²) in [6.07, 6.45) is 1.75. The Balaban J connectivity index is 1.95. The van der Waals surface area contributed by atoms with E-state index in [2.05, 4.69) is 14.8 Å². The molecule has 0 spiro atoms. The first-order valence-electron chi connectivity index (χ1n) is 8.16. The van der Waals surface area contributed by atoms with Crippen molar-refractivity contribution in [2.75, 3.05) is 51.3 Å². The van der Waals surface area contributed by atoms with Gasteiger partial charge in [0.05, 0.1) is 22.8 Å². The van der Waals surface area contributed by atoms with Crippen molar-refractivity contribution in [3.8, 4) is 0 Å². The smallest absolute Gasteiger partial charge is 0.162 e. The maximum Gasteiger partial charge on any atom is 0.162 e. The number of fused-ring (bicyclic) bond motifs is 1. The summed E-state index contributed by atoms with van der Waals surface area (Å²) < 4.78 is 5.15.